The van der Waals surface area contributed by atoms with Crippen molar-refractivity contribution < 1.29 is 9.53 Å². The fraction of sp³-hybridized carbons (Fsp3) is 0.667. The van der Waals surface area contributed by atoms with Crippen molar-refractivity contribution in [3.05, 3.63) is 18.5 Å². The number of hydrogen-bond acceptors (Lipinski definition) is 6. The van der Waals surface area contributed by atoms with Crippen molar-refractivity contribution in [1.29, 1.82) is 5.26 Å². The average molecular weight is 341 g/mol. The van der Waals surface area contributed by atoms with E-state index < -0.39 is 5.41 Å². The van der Waals surface area contributed by atoms with Crippen molar-refractivity contribution in [2.45, 2.75) is 31.7 Å². The topological polar surface area (TPSA) is 91.1 Å². The van der Waals surface area contributed by atoms with Crippen molar-refractivity contribution in [1.82, 2.24) is 14.9 Å². The lowest BCUT2D eigenvalue weighted by molar-refractivity contribution is -0.142. The maximum atomic E-state index is 13.1. The van der Waals surface area contributed by atoms with Crippen molar-refractivity contribution in [3.63, 3.8) is 0 Å². The zero-order valence-electron chi connectivity index (χ0n) is 14.2. The summed E-state index contributed by atoms with van der Waals surface area (Å²) in [5.74, 6) is 1.64. The van der Waals surface area contributed by atoms with Crippen LogP contribution in [-0.2, 0) is 9.53 Å². The molecular weight excluding hydrogens is 318 g/mol. The molecule has 1 N–H and O–H groups in total. The predicted molar refractivity (Wildman–Crippen MR) is 90.3 cm³/mol. The summed E-state index contributed by atoms with van der Waals surface area (Å²) in [6.45, 7) is 2.30. The maximum Gasteiger partial charge on any atom is 0.243 e. The van der Waals surface area contributed by atoms with Crippen LogP contribution in [0.2, 0.25) is 0 Å². The molecule has 7 heteroatoms. The van der Waals surface area contributed by atoms with Gasteiger partial charge in [0.15, 0.2) is 0 Å². The first-order chi connectivity index (χ1) is 12.2. The molecule has 2 saturated heterocycles. The Labute approximate surface area is 147 Å². The largest absolute Gasteiger partial charge is 0.381 e. The predicted octanol–water partition coefficient (Wildman–Crippen LogP) is 1.45. The van der Waals surface area contributed by atoms with Gasteiger partial charge in [0.2, 0.25) is 11.9 Å². The van der Waals surface area contributed by atoms with E-state index in [1.165, 1.54) is 12.8 Å². The minimum Gasteiger partial charge on any atom is -0.381 e. The molecular formula is C18H23N5O2. The molecule has 0 radical (unpaired) electrons. The molecule has 1 aromatic rings. The number of hydrogen-bond donors (Lipinski definition) is 1. The molecule has 7 nitrogen and oxygen atoms in total. The number of ether oxygens (including phenoxy) is 1. The van der Waals surface area contributed by atoms with Gasteiger partial charge in [0.25, 0.3) is 0 Å². The third kappa shape index (κ3) is 3.19. The summed E-state index contributed by atoms with van der Waals surface area (Å²) in [5.41, 5.74) is -0.912. The summed E-state index contributed by atoms with van der Waals surface area (Å²) in [4.78, 5) is 23.5. The number of carbonyl (C=O) groups is 1. The van der Waals surface area contributed by atoms with Gasteiger partial charge in [-0.25, -0.2) is 9.97 Å². The van der Waals surface area contributed by atoms with Crippen LogP contribution >= 0.6 is 0 Å². The summed E-state index contributed by atoms with van der Waals surface area (Å²) in [6, 6.07) is 4.24. The molecule has 0 bridgehead atoms. The van der Waals surface area contributed by atoms with E-state index in [1.807, 2.05) is 4.90 Å². The van der Waals surface area contributed by atoms with Gasteiger partial charge in [-0.15, -0.1) is 0 Å². The van der Waals surface area contributed by atoms with Crippen molar-refractivity contribution >= 4 is 11.9 Å². The second-order valence-electron chi connectivity index (χ2n) is 7.34. The first kappa shape index (κ1) is 16.3. The van der Waals surface area contributed by atoms with Gasteiger partial charge < -0.3 is 15.0 Å². The van der Waals surface area contributed by atoms with Gasteiger partial charge in [-0.2, -0.15) is 5.26 Å². The zero-order chi connectivity index (χ0) is 17.3. The number of nitrogens with zero attached hydrogens (tertiary/aromatic N) is 4. The minimum atomic E-state index is -0.912. The number of amides is 1. The third-order valence-corrected chi connectivity index (χ3v) is 5.73. The summed E-state index contributed by atoms with van der Waals surface area (Å²) in [6.07, 6.45) is 6.85. The van der Waals surface area contributed by atoms with Gasteiger partial charge >= 0.3 is 0 Å². The summed E-state index contributed by atoms with van der Waals surface area (Å²) in [5, 5.41) is 13.1. The molecule has 0 aromatic carbocycles. The van der Waals surface area contributed by atoms with Gasteiger partial charge in [0.1, 0.15) is 5.41 Å². The van der Waals surface area contributed by atoms with E-state index >= 15 is 0 Å². The Morgan fingerprint density at radius 3 is 2.64 bits per heavy atom. The molecule has 1 saturated carbocycles. The standard InChI is InChI=1S/C18H23N5O2/c19-12-18(4-8-25-9-5-18)16(24)23-10-14(13-2-3-13)15(11-23)22-17-20-6-1-7-21-17/h1,6-7,13-15H,2-5,8-11H2,(H,20,21,22)/t14-,15+/m0/s1. The van der Waals surface area contributed by atoms with Crippen LogP contribution in [-0.4, -0.2) is 53.1 Å². The van der Waals surface area contributed by atoms with Gasteiger partial charge in [-0.3, -0.25) is 4.79 Å². The monoisotopic (exact) mass is 341 g/mol. The molecule has 3 aliphatic rings. The Balaban J connectivity index is 1.50. The lowest BCUT2D eigenvalue weighted by Gasteiger charge is -2.33. The quantitative estimate of drug-likeness (QED) is 0.891. The lowest BCUT2D eigenvalue weighted by atomic mass is 9.80. The fourth-order valence-corrected chi connectivity index (χ4v) is 4.09. The molecule has 1 aromatic heterocycles. The highest BCUT2D eigenvalue weighted by molar-refractivity contribution is 5.86. The highest BCUT2D eigenvalue weighted by atomic mass is 16.5. The first-order valence-electron chi connectivity index (χ1n) is 9.04. The SMILES string of the molecule is N#CC1(C(=O)N2C[C@@H](Nc3ncccn3)[C@H](C3CC3)C2)CCOCC1. The Kier molecular flexibility index (Phi) is 4.30. The number of nitriles is 1. The zero-order valence-corrected chi connectivity index (χ0v) is 14.2. The van der Waals surface area contributed by atoms with E-state index in [4.69, 9.17) is 4.74 Å². The Morgan fingerprint density at radius 1 is 1.28 bits per heavy atom. The van der Waals surface area contributed by atoms with Crippen molar-refractivity contribution in [2.24, 2.45) is 17.3 Å². The number of anilines is 1. The van der Waals surface area contributed by atoms with Crippen molar-refractivity contribution in [2.75, 3.05) is 31.6 Å². The lowest BCUT2D eigenvalue weighted by Crippen LogP contribution is -2.46. The Bertz CT molecular complexity index is 664. The molecule has 3 heterocycles. The van der Waals surface area contributed by atoms with Gasteiger partial charge in [0.05, 0.1) is 12.1 Å². The number of carbonyl (C=O) groups excluding carboxylic acids is 1. The summed E-state index contributed by atoms with van der Waals surface area (Å²) >= 11 is 0. The van der Waals surface area contributed by atoms with Crippen LogP contribution in [0.5, 0.6) is 0 Å². The van der Waals surface area contributed by atoms with E-state index in [-0.39, 0.29) is 11.9 Å². The van der Waals surface area contributed by atoms with E-state index in [0.29, 0.717) is 50.4 Å². The molecule has 0 spiro atoms. The normalized spacial score (nSPS) is 28.4. The molecule has 1 aliphatic carbocycles. The Hall–Kier alpha value is -2.20. The third-order valence-electron chi connectivity index (χ3n) is 5.73. The maximum absolute atomic E-state index is 13.1. The van der Waals surface area contributed by atoms with Gasteiger partial charge in [-0.1, -0.05) is 0 Å². The first-order valence-corrected chi connectivity index (χ1v) is 9.04. The van der Waals surface area contributed by atoms with E-state index in [9.17, 15) is 10.1 Å². The van der Waals surface area contributed by atoms with Crippen LogP contribution < -0.4 is 5.32 Å². The Morgan fingerprint density at radius 2 is 2.00 bits per heavy atom. The molecule has 3 fully saturated rings. The van der Waals surface area contributed by atoms with Gasteiger partial charge in [0, 0.05) is 44.6 Å². The molecule has 1 amide bonds. The van der Waals surface area contributed by atoms with Crippen LogP contribution in [0.4, 0.5) is 5.95 Å². The van der Waals surface area contributed by atoms with Crippen LogP contribution in [0.1, 0.15) is 25.7 Å². The molecule has 132 valence electrons. The molecule has 4 rings (SSSR count). The average Bonchev–Trinajstić information content (AvgIpc) is 3.43. The number of rotatable bonds is 4. The number of likely N-dealkylation sites (tertiary alicyclic amines) is 1. The molecule has 2 aliphatic heterocycles. The van der Waals surface area contributed by atoms with Crippen LogP contribution in [0, 0.1) is 28.6 Å². The highest BCUT2D eigenvalue weighted by Crippen LogP contribution is 2.43. The van der Waals surface area contributed by atoms with E-state index in [1.54, 1.807) is 18.5 Å². The summed E-state index contributed by atoms with van der Waals surface area (Å²) < 4.78 is 5.36. The van der Waals surface area contributed by atoms with Crippen molar-refractivity contribution in [3.8, 4) is 6.07 Å². The van der Waals surface area contributed by atoms with Crippen LogP contribution in [0.25, 0.3) is 0 Å². The van der Waals surface area contributed by atoms with E-state index in [0.717, 1.165) is 6.54 Å². The van der Waals surface area contributed by atoms with Crippen LogP contribution in [0.15, 0.2) is 18.5 Å². The number of aromatic nitrogens is 2. The summed E-state index contributed by atoms with van der Waals surface area (Å²) in [7, 11) is 0. The molecule has 2 atom stereocenters. The highest BCUT2D eigenvalue weighted by Gasteiger charge is 2.49. The molecule has 0 unspecified atom stereocenters. The smallest absolute Gasteiger partial charge is 0.243 e. The van der Waals surface area contributed by atoms with Gasteiger partial charge in [-0.05, 0) is 37.7 Å². The molecule has 25 heavy (non-hydrogen) atoms. The number of nitrogens with one attached hydrogen (secondary N) is 1. The minimum absolute atomic E-state index is 0.0257. The van der Waals surface area contributed by atoms with E-state index in [2.05, 4.69) is 21.4 Å². The van der Waals surface area contributed by atoms with Crippen LogP contribution in [0.3, 0.4) is 0 Å². The fourth-order valence-electron chi connectivity index (χ4n) is 4.09. The second kappa shape index (κ2) is 6.60. The second-order valence-corrected chi connectivity index (χ2v) is 7.34.